The standard InChI is InChI=1S/C22H34N2O4S/c1-16-5-3-6-19-17-8-10-18(11-9-17)28-15-21-20(23-29(2,25)26)7-4-12-24(21)13-14-27-22(16)19/h3,5-6,17-18,20-21,23H,4,7-15H2,1-2H3/t17-,18+,20-,21-/m0/s1. The fourth-order valence-corrected chi connectivity index (χ4v) is 6.10. The maximum absolute atomic E-state index is 11.9. The summed E-state index contributed by atoms with van der Waals surface area (Å²) in [6.07, 6.45) is 7.68. The van der Waals surface area contributed by atoms with Crippen LogP contribution in [0.4, 0.5) is 0 Å². The lowest BCUT2D eigenvalue weighted by Crippen LogP contribution is -2.58. The van der Waals surface area contributed by atoms with Gasteiger partial charge >= 0.3 is 0 Å². The van der Waals surface area contributed by atoms with E-state index in [0.717, 1.165) is 57.4 Å². The van der Waals surface area contributed by atoms with E-state index in [4.69, 9.17) is 9.47 Å². The summed E-state index contributed by atoms with van der Waals surface area (Å²) in [7, 11) is -3.25. The molecule has 0 aromatic heterocycles. The molecule has 29 heavy (non-hydrogen) atoms. The van der Waals surface area contributed by atoms with E-state index < -0.39 is 10.0 Å². The highest BCUT2D eigenvalue weighted by Gasteiger charge is 2.35. The number of sulfonamides is 1. The number of fused-ring (bicyclic) bond motifs is 5. The zero-order chi connectivity index (χ0) is 20.4. The number of hydrogen-bond donors (Lipinski definition) is 1. The molecule has 1 aromatic carbocycles. The van der Waals surface area contributed by atoms with Crippen molar-refractivity contribution in [3.05, 3.63) is 29.3 Å². The van der Waals surface area contributed by atoms with Gasteiger partial charge in [-0.3, -0.25) is 4.90 Å². The molecular formula is C22H34N2O4S. The van der Waals surface area contributed by atoms with E-state index in [-0.39, 0.29) is 18.2 Å². The summed E-state index contributed by atoms with van der Waals surface area (Å²) in [5.41, 5.74) is 2.54. The minimum absolute atomic E-state index is 0.0527. The third-order valence-corrected chi connectivity index (χ3v) is 7.47. The topological polar surface area (TPSA) is 67.9 Å². The second kappa shape index (κ2) is 8.92. The largest absolute Gasteiger partial charge is 0.492 e. The van der Waals surface area contributed by atoms with Crippen LogP contribution in [0.5, 0.6) is 5.75 Å². The molecule has 7 heteroatoms. The predicted molar refractivity (Wildman–Crippen MR) is 114 cm³/mol. The molecule has 1 saturated heterocycles. The van der Waals surface area contributed by atoms with Crippen molar-refractivity contribution in [2.45, 2.75) is 69.6 Å². The minimum Gasteiger partial charge on any atom is -0.492 e. The number of nitrogens with zero attached hydrogens (tertiary/aromatic N) is 1. The lowest BCUT2D eigenvalue weighted by Gasteiger charge is -2.41. The van der Waals surface area contributed by atoms with Crippen LogP contribution in [0.15, 0.2) is 18.2 Å². The first-order valence-corrected chi connectivity index (χ1v) is 12.8. The van der Waals surface area contributed by atoms with Gasteiger partial charge in [0.15, 0.2) is 0 Å². The highest BCUT2D eigenvalue weighted by atomic mass is 32.2. The second-order valence-electron chi connectivity index (χ2n) is 8.89. The van der Waals surface area contributed by atoms with E-state index in [1.54, 1.807) is 0 Å². The van der Waals surface area contributed by atoms with Gasteiger partial charge in [0, 0.05) is 18.6 Å². The van der Waals surface area contributed by atoms with Crippen molar-refractivity contribution in [2.24, 2.45) is 0 Å². The zero-order valence-electron chi connectivity index (χ0n) is 17.6. The summed E-state index contributed by atoms with van der Waals surface area (Å²) in [6.45, 7) is 5.04. The van der Waals surface area contributed by atoms with Crippen molar-refractivity contribution < 1.29 is 17.9 Å². The van der Waals surface area contributed by atoms with E-state index in [9.17, 15) is 8.42 Å². The van der Waals surface area contributed by atoms with Gasteiger partial charge in [-0.15, -0.1) is 0 Å². The monoisotopic (exact) mass is 422 g/mol. The average molecular weight is 423 g/mol. The molecule has 162 valence electrons. The molecule has 4 aliphatic rings. The summed E-state index contributed by atoms with van der Waals surface area (Å²) in [4.78, 5) is 2.36. The molecule has 6 nitrogen and oxygen atoms in total. The molecular weight excluding hydrogens is 388 g/mol. The number of ether oxygens (including phenoxy) is 2. The van der Waals surface area contributed by atoms with Crippen LogP contribution in [-0.4, -0.2) is 64.1 Å². The fraction of sp³-hybridized carbons (Fsp3) is 0.727. The van der Waals surface area contributed by atoms with Crippen molar-refractivity contribution in [2.75, 3.05) is 32.6 Å². The van der Waals surface area contributed by atoms with E-state index >= 15 is 0 Å². The van der Waals surface area contributed by atoms with Crippen molar-refractivity contribution >= 4 is 10.0 Å². The molecule has 2 bridgehead atoms. The Balaban J connectivity index is 1.58. The van der Waals surface area contributed by atoms with Crippen LogP contribution in [0.1, 0.15) is 55.6 Å². The summed E-state index contributed by atoms with van der Waals surface area (Å²) in [5, 5.41) is 0. The van der Waals surface area contributed by atoms with Crippen molar-refractivity contribution in [3.63, 3.8) is 0 Å². The third kappa shape index (κ3) is 5.13. The Kier molecular flexibility index (Phi) is 6.49. The molecule has 3 heterocycles. The Hall–Kier alpha value is -1.15. The molecule has 0 spiro atoms. The molecule has 2 atom stereocenters. The third-order valence-electron chi connectivity index (χ3n) is 6.74. The van der Waals surface area contributed by atoms with Crippen LogP contribution in [0.2, 0.25) is 0 Å². The maximum atomic E-state index is 11.9. The molecule has 2 fully saturated rings. The first kappa shape index (κ1) is 21.1. The van der Waals surface area contributed by atoms with Gasteiger partial charge in [0.25, 0.3) is 0 Å². The number of piperidine rings is 1. The Morgan fingerprint density at radius 2 is 1.90 bits per heavy atom. The number of rotatable bonds is 2. The van der Waals surface area contributed by atoms with Crippen molar-refractivity contribution in [1.29, 1.82) is 0 Å². The van der Waals surface area contributed by atoms with Gasteiger partial charge in [-0.1, -0.05) is 18.2 Å². The molecule has 1 aromatic rings. The highest BCUT2D eigenvalue weighted by Crippen LogP contribution is 2.40. The van der Waals surface area contributed by atoms with Gasteiger partial charge in [0.05, 0.1) is 19.0 Å². The maximum Gasteiger partial charge on any atom is 0.209 e. The summed E-state index contributed by atoms with van der Waals surface area (Å²) >= 11 is 0. The van der Waals surface area contributed by atoms with Crippen molar-refractivity contribution in [3.8, 4) is 5.75 Å². The number of benzene rings is 1. The average Bonchev–Trinajstić information content (AvgIpc) is 2.69. The molecule has 0 unspecified atom stereocenters. The van der Waals surface area contributed by atoms with Crippen LogP contribution >= 0.6 is 0 Å². The Morgan fingerprint density at radius 3 is 2.66 bits per heavy atom. The highest BCUT2D eigenvalue weighted by molar-refractivity contribution is 7.88. The van der Waals surface area contributed by atoms with Crippen LogP contribution in [-0.2, 0) is 14.8 Å². The molecule has 5 rings (SSSR count). The van der Waals surface area contributed by atoms with Crippen molar-refractivity contribution in [1.82, 2.24) is 9.62 Å². The molecule has 0 radical (unpaired) electrons. The summed E-state index contributed by atoms with van der Waals surface area (Å²) in [5.74, 6) is 1.59. The number of hydrogen-bond acceptors (Lipinski definition) is 5. The van der Waals surface area contributed by atoms with Gasteiger partial charge in [0.1, 0.15) is 12.4 Å². The van der Waals surface area contributed by atoms with Gasteiger partial charge in [-0.05, 0) is 69.0 Å². The van der Waals surface area contributed by atoms with E-state index in [0.29, 0.717) is 19.1 Å². The van der Waals surface area contributed by atoms with Gasteiger partial charge in [-0.2, -0.15) is 0 Å². The number of aryl methyl sites for hydroxylation is 1. The molecule has 1 saturated carbocycles. The Labute approximate surface area is 175 Å². The molecule has 1 N–H and O–H groups in total. The fourth-order valence-electron chi connectivity index (χ4n) is 5.27. The number of nitrogens with one attached hydrogen (secondary N) is 1. The normalized spacial score (nSPS) is 31.5. The first-order valence-electron chi connectivity index (χ1n) is 11.0. The summed E-state index contributed by atoms with van der Waals surface area (Å²) < 4.78 is 39.4. The van der Waals surface area contributed by atoms with Crippen LogP contribution in [0.3, 0.4) is 0 Å². The van der Waals surface area contributed by atoms with Crippen LogP contribution < -0.4 is 9.46 Å². The van der Waals surface area contributed by atoms with E-state index in [1.165, 1.54) is 17.4 Å². The molecule has 0 amide bonds. The van der Waals surface area contributed by atoms with Crippen LogP contribution in [0.25, 0.3) is 0 Å². The SMILES string of the molecule is Cc1cccc2c1OCCN1CCC[C@H](NS(C)(=O)=O)[C@@H]1CO[C@H]1CC[C@@H]2CC1. The lowest BCUT2D eigenvalue weighted by molar-refractivity contribution is -0.0284. The predicted octanol–water partition coefficient (Wildman–Crippen LogP) is 2.81. The number of para-hydroxylation sites is 1. The quantitative estimate of drug-likeness (QED) is 0.794. The van der Waals surface area contributed by atoms with Crippen LogP contribution in [0, 0.1) is 6.92 Å². The van der Waals surface area contributed by atoms with Gasteiger partial charge < -0.3 is 9.47 Å². The van der Waals surface area contributed by atoms with E-state index in [1.807, 2.05) is 0 Å². The smallest absolute Gasteiger partial charge is 0.209 e. The summed E-state index contributed by atoms with van der Waals surface area (Å²) in [6, 6.07) is 6.44. The zero-order valence-corrected chi connectivity index (χ0v) is 18.4. The van der Waals surface area contributed by atoms with E-state index in [2.05, 4.69) is 34.7 Å². The Bertz CT molecular complexity index is 805. The lowest BCUT2D eigenvalue weighted by atomic mass is 9.82. The second-order valence-corrected chi connectivity index (χ2v) is 10.7. The molecule has 3 aliphatic heterocycles. The minimum atomic E-state index is -3.25. The Morgan fingerprint density at radius 1 is 1.10 bits per heavy atom. The van der Waals surface area contributed by atoms with Gasteiger partial charge in [0.2, 0.25) is 10.0 Å². The van der Waals surface area contributed by atoms with Gasteiger partial charge in [-0.25, -0.2) is 13.1 Å². The molecule has 1 aliphatic carbocycles. The first-order chi connectivity index (χ1) is 13.9.